The number of fused-ring (bicyclic) bond motifs is 1. The van der Waals surface area contributed by atoms with Gasteiger partial charge in [-0.2, -0.15) is 0 Å². The van der Waals surface area contributed by atoms with Gasteiger partial charge < -0.3 is 14.6 Å². The number of nitrogens with one attached hydrogen (secondary N) is 1. The zero-order valence-electron chi connectivity index (χ0n) is 11.3. The molecule has 2 aromatic rings. The van der Waals surface area contributed by atoms with E-state index in [0.717, 1.165) is 32.7 Å². The van der Waals surface area contributed by atoms with E-state index in [2.05, 4.69) is 47.3 Å². The zero-order chi connectivity index (χ0) is 12.8. The maximum Gasteiger partial charge on any atom is 0.0587 e. The Morgan fingerprint density at radius 2 is 2.11 bits per heavy atom. The Kier molecular flexibility index (Phi) is 4.79. The number of para-hydroxylation sites is 1. The maximum absolute atomic E-state index is 5.04. The molecule has 98 valence electrons. The number of ether oxygens (including phenoxy) is 1. The van der Waals surface area contributed by atoms with Crippen molar-refractivity contribution in [1.29, 1.82) is 0 Å². The van der Waals surface area contributed by atoms with E-state index in [1.54, 1.807) is 7.11 Å². The number of aromatic nitrogens is 1. The van der Waals surface area contributed by atoms with E-state index in [9.17, 15) is 0 Å². The molecule has 1 aromatic carbocycles. The van der Waals surface area contributed by atoms with Crippen LogP contribution in [0, 0.1) is 0 Å². The smallest absolute Gasteiger partial charge is 0.0587 e. The average Bonchev–Trinajstić information content (AvgIpc) is 2.74. The molecule has 0 aliphatic rings. The Hall–Kier alpha value is -1.32. The van der Waals surface area contributed by atoms with E-state index >= 15 is 0 Å². The molecule has 0 spiro atoms. The predicted molar refractivity (Wildman–Crippen MR) is 75.8 cm³/mol. The molecule has 3 heteroatoms. The standard InChI is InChI=1S/C15H22N2O/c1-3-9-17-12-13(11-16-8-10-18-2)14-6-4-5-7-15(14)17/h4-7,12,16H,3,8-11H2,1-2H3. The molecular weight excluding hydrogens is 224 g/mol. The van der Waals surface area contributed by atoms with Gasteiger partial charge in [-0.05, 0) is 18.1 Å². The number of benzene rings is 1. The van der Waals surface area contributed by atoms with Crippen molar-refractivity contribution in [3.63, 3.8) is 0 Å². The largest absolute Gasteiger partial charge is 0.383 e. The second-order valence-corrected chi connectivity index (χ2v) is 4.53. The quantitative estimate of drug-likeness (QED) is 0.760. The highest BCUT2D eigenvalue weighted by Gasteiger charge is 2.06. The van der Waals surface area contributed by atoms with E-state index in [0.29, 0.717) is 0 Å². The van der Waals surface area contributed by atoms with Crippen molar-refractivity contribution in [2.45, 2.75) is 26.4 Å². The lowest BCUT2D eigenvalue weighted by molar-refractivity contribution is 0.199. The first-order chi connectivity index (χ1) is 8.86. The van der Waals surface area contributed by atoms with Gasteiger partial charge in [-0.25, -0.2) is 0 Å². The van der Waals surface area contributed by atoms with Crippen LogP contribution >= 0.6 is 0 Å². The number of aryl methyl sites for hydroxylation is 1. The molecule has 0 radical (unpaired) electrons. The Morgan fingerprint density at radius 3 is 2.89 bits per heavy atom. The SMILES string of the molecule is CCCn1cc(CNCCOC)c2ccccc21. The van der Waals surface area contributed by atoms with Crippen LogP contribution in [0.15, 0.2) is 30.5 Å². The van der Waals surface area contributed by atoms with Crippen LogP contribution in [0.1, 0.15) is 18.9 Å². The fourth-order valence-corrected chi connectivity index (χ4v) is 2.29. The van der Waals surface area contributed by atoms with Crippen molar-refractivity contribution in [2.24, 2.45) is 0 Å². The van der Waals surface area contributed by atoms with E-state index in [-0.39, 0.29) is 0 Å². The van der Waals surface area contributed by atoms with E-state index in [1.807, 2.05) is 0 Å². The van der Waals surface area contributed by atoms with Crippen LogP contribution in [0.5, 0.6) is 0 Å². The van der Waals surface area contributed by atoms with Gasteiger partial charge in [0.15, 0.2) is 0 Å². The molecule has 0 atom stereocenters. The number of methoxy groups -OCH3 is 1. The fourth-order valence-electron chi connectivity index (χ4n) is 2.29. The minimum Gasteiger partial charge on any atom is -0.383 e. The average molecular weight is 246 g/mol. The van der Waals surface area contributed by atoms with Gasteiger partial charge in [0.2, 0.25) is 0 Å². The second-order valence-electron chi connectivity index (χ2n) is 4.53. The third kappa shape index (κ3) is 2.92. The Labute approximate surface area is 109 Å². The van der Waals surface area contributed by atoms with Crippen molar-refractivity contribution in [1.82, 2.24) is 9.88 Å². The molecule has 0 saturated heterocycles. The molecule has 18 heavy (non-hydrogen) atoms. The monoisotopic (exact) mass is 246 g/mol. The molecule has 0 bridgehead atoms. The van der Waals surface area contributed by atoms with E-state index in [4.69, 9.17) is 4.74 Å². The summed E-state index contributed by atoms with van der Waals surface area (Å²) in [5.74, 6) is 0. The summed E-state index contributed by atoms with van der Waals surface area (Å²) < 4.78 is 7.39. The number of rotatable bonds is 7. The van der Waals surface area contributed by atoms with Crippen LogP contribution in [-0.2, 0) is 17.8 Å². The van der Waals surface area contributed by atoms with E-state index < -0.39 is 0 Å². The molecule has 0 unspecified atom stereocenters. The lowest BCUT2D eigenvalue weighted by Gasteiger charge is -2.02. The minimum atomic E-state index is 0.758. The third-order valence-electron chi connectivity index (χ3n) is 3.13. The third-order valence-corrected chi connectivity index (χ3v) is 3.13. The molecule has 0 fully saturated rings. The molecule has 0 saturated carbocycles. The predicted octanol–water partition coefficient (Wildman–Crippen LogP) is 2.79. The molecule has 3 nitrogen and oxygen atoms in total. The van der Waals surface area contributed by atoms with Crippen LogP contribution in [0.25, 0.3) is 10.9 Å². The van der Waals surface area contributed by atoms with Gasteiger partial charge in [-0.15, -0.1) is 0 Å². The highest BCUT2D eigenvalue weighted by atomic mass is 16.5. The molecule has 0 aliphatic heterocycles. The molecule has 1 aromatic heterocycles. The Balaban J connectivity index is 2.16. The summed E-state index contributed by atoms with van der Waals surface area (Å²) in [5, 5.41) is 4.77. The van der Waals surface area contributed by atoms with Crippen LogP contribution in [-0.4, -0.2) is 24.8 Å². The van der Waals surface area contributed by atoms with Crippen molar-refractivity contribution < 1.29 is 4.74 Å². The van der Waals surface area contributed by atoms with Gasteiger partial charge in [-0.3, -0.25) is 0 Å². The first-order valence-electron chi connectivity index (χ1n) is 6.63. The van der Waals surface area contributed by atoms with Crippen LogP contribution in [0.3, 0.4) is 0 Å². The Bertz CT molecular complexity index is 490. The number of nitrogens with zero attached hydrogens (tertiary/aromatic N) is 1. The van der Waals surface area contributed by atoms with Crippen molar-refractivity contribution in [3.05, 3.63) is 36.0 Å². The van der Waals surface area contributed by atoms with Gasteiger partial charge in [0.25, 0.3) is 0 Å². The van der Waals surface area contributed by atoms with Crippen molar-refractivity contribution in [2.75, 3.05) is 20.3 Å². The highest BCUT2D eigenvalue weighted by molar-refractivity contribution is 5.83. The lowest BCUT2D eigenvalue weighted by atomic mass is 10.2. The molecule has 0 amide bonds. The molecule has 1 N–H and O–H groups in total. The molecule has 1 heterocycles. The summed E-state index contributed by atoms with van der Waals surface area (Å²) >= 11 is 0. The summed E-state index contributed by atoms with van der Waals surface area (Å²) in [5.41, 5.74) is 2.71. The normalized spacial score (nSPS) is 11.2. The fraction of sp³-hybridized carbons (Fsp3) is 0.467. The van der Waals surface area contributed by atoms with Gasteiger partial charge in [0.1, 0.15) is 0 Å². The summed E-state index contributed by atoms with van der Waals surface area (Å²) in [6.45, 7) is 5.85. The summed E-state index contributed by atoms with van der Waals surface area (Å²) in [6.07, 6.45) is 3.43. The maximum atomic E-state index is 5.04. The van der Waals surface area contributed by atoms with Crippen molar-refractivity contribution in [3.8, 4) is 0 Å². The van der Waals surface area contributed by atoms with Crippen molar-refractivity contribution >= 4 is 10.9 Å². The van der Waals surface area contributed by atoms with E-state index in [1.165, 1.54) is 16.5 Å². The highest BCUT2D eigenvalue weighted by Crippen LogP contribution is 2.21. The first-order valence-corrected chi connectivity index (χ1v) is 6.63. The van der Waals surface area contributed by atoms with Crippen LogP contribution in [0.4, 0.5) is 0 Å². The van der Waals surface area contributed by atoms with Gasteiger partial charge in [0.05, 0.1) is 6.61 Å². The summed E-state index contributed by atoms with van der Waals surface area (Å²) in [4.78, 5) is 0. The number of hydrogen-bond acceptors (Lipinski definition) is 2. The summed E-state index contributed by atoms with van der Waals surface area (Å²) in [6, 6.07) is 8.62. The van der Waals surface area contributed by atoms with Gasteiger partial charge in [0, 0.05) is 43.8 Å². The second kappa shape index (κ2) is 6.57. The van der Waals surface area contributed by atoms with Crippen LogP contribution < -0.4 is 5.32 Å². The molecule has 0 aliphatic carbocycles. The summed E-state index contributed by atoms with van der Waals surface area (Å²) in [7, 11) is 1.73. The minimum absolute atomic E-state index is 0.758. The van der Waals surface area contributed by atoms with Crippen LogP contribution in [0.2, 0.25) is 0 Å². The Morgan fingerprint density at radius 1 is 1.28 bits per heavy atom. The molecule has 2 rings (SSSR count). The zero-order valence-corrected chi connectivity index (χ0v) is 11.3. The van der Waals surface area contributed by atoms with Gasteiger partial charge in [-0.1, -0.05) is 25.1 Å². The molecular formula is C15H22N2O. The lowest BCUT2D eigenvalue weighted by Crippen LogP contribution is -2.18. The first kappa shape index (κ1) is 13.1. The topological polar surface area (TPSA) is 26.2 Å². The van der Waals surface area contributed by atoms with Gasteiger partial charge >= 0.3 is 0 Å². The number of hydrogen-bond donors (Lipinski definition) is 1.